The third-order valence-electron chi connectivity index (χ3n) is 9.77. The minimum absolute atomic E-state index is 1.10. The van der Waals surface area contributed by atoms with Gasteiger partial charge in [0.05, 0.1) is 16.6 Å². The molecule has 2 heteroatoms. The van der Waals surface area contributed by atoms with Crippen LogP contribution in [0.15, 0.2) is 133 Å². The van der Waals surface area contributed by atoms with Gasteiger partial charge in [-0.1, -0.05) is 97.1 Å². The maximum absolute atomic E-state index is 2.59. The van der Waals surface area contributed by atoms with Crippen molar-refractivity contribution >= 4 is 38.3 Å². The lowest BCUT2D eigenvalue weighted by Crippen LogP contribution is -2.07. The van der Waals surface area contributed by atoms with Crippen LogP contribution in [0.25, 0.3) is 60.8 Å². The van der Waals surface area contributed by atoms with Crippen molar-refractivity contribution < 1.29 is 0 Å². The van der Waals surface area contributed by atoms with Crippen molar-refractivity contribution in [1.82, 2.24) is 9.13 Å². The van der Waals surface area contributed by atoms with Crippen LogP contribution < -0.4 is 0 Å². The highest BCUT2D eigenvalue weighted by Crippen LogP contribution is 2.43. The molecule has 0 N–H and O–H groups in total. The topological polar surface area (TPSA) is 9.86 Å². The zero-order valence-electron chi connectivity index (χ0n) is 24.8. The normalized spacial score (nSPS) is 14.8. The molecule has 0 atom stereocenters. The average molecular weight is 567 g/mol. The standard InChI is InChI=1S/C42H34N2/c1-3-13-29(14-4-1)31-17-11-19-33(27-31)43-39-24-10-8-22-37(39)41-40(43)26-25-36-35-21-7-9-23-38(35)44(42(36)41)34-20-12-18-32(28-34)30-15-5-2-6-16-30/h1-3,5-7,9,11-13,15-21,23,25-28H,4,8,10,14,22,24H2. The fraction of sp³-hybridized carbons (Fsp3) is 0.143. The van der Waals surface area contributed by atoms with Gasteiger partial charge in [0.25, 0.3) is 0 Å². The number of aromatic nitrogens is 2. The molecule has 44 heavy (non-hydrogen) atoms. The van der Waals surface area contributed by atoms with Crippen molar-refractivity contribution in [1.29, 1.82) is 0 Å². The van der Waals surface area contributed by atoms with Gasteiger partial charge >= 0.3 is 0 Å². The maximum Gasteiger partial charge on any atom is 0.0637 e. The Labute approximate surface area is 258 Å². The van der Waals surface area contributed by atoms with Crippen LogP contribution in [0.1, 0.15) is 42.5 Å². The molecule has 2 nitrogen and oxygen atoms in total. The molecule has 0 bridgehead atoms. The Morgan fingerprint density at radius 3 is 2.14 bits per heavy atom. The van der Waals surface area contributed by atoms with E-state index in [9.17, 15) is 0 Å². The van der Waals surface area contributed by atoms with Gasteiger partial charge in [-0.05, 0) is 103 Å². The third kappa shape index (κ3) is 3.94. The van der Waals surface area contributed by atoms with Crippen molar-refractivity contribution in [3.8, 4) is 22.5 Å². The van der Waals surface area contributed by atoms with E-state index in [4.69, 9.17) is 0 Å². The number of allylic oxidation sites excluding steroid dienone is 4. The summed E-state index contributed by atoms with van der Waals surface area (Å²) in [6.45, 7) is 0. The first-order valence-corrected chi connectivity index (χ1v) is 16.1. The van der Waals surface area contributed by atoms with Crippen LogP contribution in [-0.2, 0) is 12.8 Å². The van der Waals surface area contributed by atoms with Crippen LogP contribution in [0.5, 0.6) is 0 Å². The summed E-state index contributed by atoms with van der Waals surface area (Å²) >= 11 is 0. The van der Waals surface area contributed by atoms with Crippen LogP contribution in [0, 0.1) is 0 Å². The van der Waals surface area contributed by atoms with E-state index < -0.39 is 0 Å². The zero-order chi connectivity index (χ0) is 29.0. The smallest absolute Gasteiger partial charge is 0.0637 e. The van der Waals surface area contributed by atoms with E-state index in [2.05, 4.69) is 143 Å². The molecule has 0 amide bonds. The van der Waals surface area contributed by atoms with Crippen molar-refractivity contribution in [2.24, 2.45) is 0 Å². The minimum Gasteiger partial charge on any atom is -0.313 e. The zero-order valence-corrected chi connectivity index (χ0v) is 24.8. The molecule has 7 aromatic rings. The molecule has 0 radical (unpaired) electrons. The number of benzene rings is 5. The summed E-state index contributed by atoms with van der Waals surface area (Å²) in [4.78, 5) is 0. The van der Waals surface area contributed by atoms with Crippen LogP contribution >= 0.6 is 0 Å². The van der Waals surface area contributed by atoms with Crippen LogP contribution in [0.4, 0.5) is 0 Å². The molecule has 0 unspecified atom stereocenters. The van der Waals surface area contributed by atoms with Gasteiger partial charge in [-0.15, -0.1) is 0 Å². The molecule has 0 saturated heterocycles. The summed E-state index contributed by atoms with van der Waals surface area (Å²) in [5.74, 6) is 0. The highest BCUT2D eigenvalue weighted by atomic mass is 15.0. The molecule has 212 valence electrons. The third-order valence-corrected chi connectivity index (χ3v) is 9.77. The molecule has 0 spiro atoms. The first-order valence-electron chi connectivity index (χ1n) is 16.1. The predicted molar refractivity (Wildman–Crippen MR) is 186 cm³/mol. The van der Waals surface area contributed by atoms with Crippen molar-refractivity contribution in [3.63, 3.8) is 0 Å². The van der Waals surface area contributed by atoms with E-state index in [1.54, 1.807) is 0 Å². The molecule has 2 heterocycles. The second-order valence-corrected chi connectivity index (χ2v) is 12.3. The molecule has 0 aliphatic heterocycles. The summed E-state index contributed by atoms with van der Waals surface area (Å²) in [7, 11) is 0. The van der Waals surface area contributed by atoms with Gasteiger partial charge in [0.15, 0.2) is 0 Å². The summed E-state index contributed by atoms with van der Waals surface area (Å²) in [6, 6.07) is 42.8. The Bertz CT molecular complexity index is 2270. The van der Waals surface area contributed by atoms with E-state index in [1.807, 2.05) is 0 Å². The van der Waals surface area contributed by atoms with Gasteiger partial charge in [0.2, 0.25) is 0 Å². The van der Waals surface area contributed by atoms with Gasteiger partial charge in [0.1, 0.15) is 0 Å². The van der Waals surface area contributed by atoms with Crippen molar-refractivity contribution in [2.45, 2.75) is 38.5 Å². The number of hydrogen-bond donors (Lipinski definition) is 0. The monoisotopic (exact) mass is 566 g/mol. The van der Waals surface area contributed by atoms with E-state index in [0.29, 0.717) is 0 Å². The van der Waals surface area contributed by atoms with E-state index in [-0.39, 0.29) is 0 Å². The lowest BCUT2D eigenvalue weighted by Gasteiger charge is -2.17. The molecule has 0 saturated carbocycles. The fourth-order valence-electron chi connectivity index (χ4n) is 7.79. The summed E-state index contributed by atoms with van der Waals surface area (Å²) < 4.78 is 5.13. The molecule has 5 aromatic carbocycles. The summed E-state index contributed by atoms with van der Waals surface area (Å²) in [5, 5.41) is 4.06. The average Bonchev–Trinajstić information content (AvgIpc) is 3.62. The molecule has 2 aromatic heterocycles. The second-order valence-electron chi connectivity index (χ2n) is 12.3. The predicted octanol–water partition coefficient (Wildman–Crippen LogP) is 11.0. The Morgan fingerprint density at radius 1 is 0.523 bits per heavy atom. The number of para-hydroxylation sites is 1. The highest BCUT2D eigenvalue weighted by Gasteiger charge is 2.26. The van der Waals surface area contributed by atoms with E-state index in [0.717, 1.165) is 25.7 Å². The largest absolute Gasteiger partial charge is 0.313 e. The van der Waals surface area contributed by atoms with Gasteiger partial charge in [-0.25, -0.2) is 0 Å². The first-order chi connectivity index (χ1) is 21.8. The van der Waals surface area contributed by atoms with Gasteiger partial charge < -0.3 is 9.13 Å². The van der Waals surface area contributed by atoms with Gasteiger partial charge in [-0.2, -0.15) is 0 Å². The summed E-state index contributed by atoms with van der Waals surface area (Å²) in [6.07, 6.45) is 13.7. The second kappa shape index (κ2) is 10.3. The lowest BCUT2D eigenvalue weighted by molar-refractivity contribution is 0.667. The molecule has 9 rings (SSSR count). The summed E-state index contributed by atoms with van der Waals surface area (Å²) in [5.41, 5.74) is 14.7. The van der Waals surface area contributed by atoms with Gasteiger partial charge in [-0.3, -0.25) is 0 Å². The Hall–Kier alpha value is -5.08. The Morgan fingerprint density at radius 2 is 1.27 bits per heavy atom. The first kappa shape index (κ1) is 25.4. The van der Waals surface area contributed by atoms with Crippen molar-refractivity contribution in [2.75, 3.05) is 0 Å². The maximum atomic E-state index is 2.59. The number of rotatable bonds is 4. The minimum atomic E-state index is 1.10. The van der Waals surface area contributed by atoms with Crippen LogP contribution in [0.2, 0.25) is 0 Å². The van der Waals surface area contributed by atoms with Crippen molar-refractivity contribution in [3.05, 3.63) is 150 Å². The quantitative estimate of drug-likeness (QED) is 0.201. The van der Waals surface area contributed by atoms with E-state index in [1.165, 1.54) is 90.4 Å². The lowest BCUT2D eigenvalue weighted by atomic mass is 9.94. The number of nitrogens with zero attached hydrogens (tertiary/aromatic N) is 2. The molecule has 2 aliphatic rings. The molecular formula is C42H34N2. The van der Waals surface area contributed by atoms with Gasteiger partial charge in [0, 0.05) is 33.2 Å². The number of hydrogen-bond acceptors (Lipinski definition) is 0. The number of fused-ring (bicyclic) bond motifs is 7. The van der Waals surface area contributed by atoms with Crippen LogP contribution in [0.3, 0.4) is 0 Å². The SMILES string of the molecule is C1=CCCC(c2cccc(-n3c4c(c5c3ccc3c6ccccc6n(-c6cccc(-c7ccccc7)c6)c35)CCCC4)c2)=C1. The Kier molecular flexibility index (Phi) is 5.94. The fourth-order valence-corrected chi connectivity index (χ4v) is 7.79. The van der Waals surface area contributed by atoms with Crippen LogP contribution in [-0.4, -0.2) is 9.13 Å². The van der Waals surface area contributed by atoms with E-state index >= 15 is 0 Å². The molecule has 2 aliphatic carbocycles. The molecule has 0 fully saturated rings. The highest BCUT2D eigenvalue weighted by molar-refractivity contribution is 6.19. The number of aryl methyl sites for hydroxylation is 1. The Balaban J connectivity index is 1.35. The molecular weight excluding hydrogens is 532 g/mol.